The maximum absolute atomic E-state index is 12.4. The fraction of sp³-hybridized carbons (Fsp3) is 0.286. The van der Waals surface area contributed by atoms with E-state index in [0.717, 1.165) is 11.1 Å². The minimum atomic E-state index is -0.314. The van der Waals surface area contributed by atoms with Crippen LogP contribution in [0.1, 0.15) is 24.5 Å². The Bertz CT molecular complexity index is 878. The van der Waals surface area contributed by atoms with Crippen molar-refractivity contribution in [1.82, 2.24) is 5.32 Å². The molecule has 2 unspecified atom stereocenters. The average Bonchev–Trinajstić information content (AvgIpc) is 3.41. The van der Waals surface area contributed by atoms with Crippen LogP contribution < -0.4 is 16.0 Å². The van der Waals surface area contributed by atoms with Crippen LogP contribution in [-0.4, -0.2) is 17.7 Å². The summed E-state index contributed by atoms with van der Waals surface area (Å²) in [5.41, 5.74) is 3.41. The summed E-state index contributed by atoms with van der Waals surface area (Å²) in [4.78, 5) is 35.8. The van der Waals surface area contributed by atoms with Crippen LogP contribution >= 0.6 is 0 Å². The average molecular weight is 365 g/mol. The van der Waals surface area contributed by atoms with E-state index in [0.29, 0.717) is 24.3 Å². The Morgan fingerprint density at radius 2 is 1.59 bits per heavy atom. The van der Waals surface area contributed by atoms with Gasteiger partial charge in [-0.15, -0.1) is 0 Å². The fourth-order valence-electron chi connectivity index (χ4n) is 3.01. The Balaban J connectivity index is 1.50. The van der Waals surface area contributed by atoms with Crippen LogP contribution in [0.3, 0.4) is 0 Å². The maximum Gasteiger partial charge on any atom is 0.228 e. The molecule has 6 nitrogen and oxygen atoms in total. The Kier molecular flexibility index (Phi) is 5.54. The van der Waals surface area contributed by atoms with Crippen molar-refractivity contribution in [3.05, 3.63) is 59.7 Å². The zero-order valence-electron chi connectivity index (χ0n) is 15.4. The van der Waals surface area contributed by atoms with E-state index in [1.807, 2.05) is 31.2 Å². The minimum Gasteiger partial charge on any atom is -0.352 e. The molecule has 1 aliphatic carbocycles. The largest absolute Gasteiger partial charge is 0.352 e. The zero-order valence-corrected chi connectivity index (χ0v) is 15.4. The Morgan fingerprint density at radius 3 is 2.30 bits per heavy atom. The number of aryl methyl sites for hydroxylation is 1. The van der Waals surface area contributed by atoms with Crippen LogP contribution in [0.4, 0.5) is 11.4 Å². The van der Waals surface area contributed by atoms with Crippen LogP contribution in [-0.2, 0) is 20.9 Å². The molecule has 0 heterocycles. The van der Waals surface area contributed by atoms with Gasteiger partial charge in [0.1, 0.15) is 0 Å². The molecule has 0 radical (unpaired) electrons. The topological polar surface area (TPSA) is 87.3 Å². The Labute approximate surface area is 158 Å². The van der Waals surface area contributed by atoms with Gasteiger partial charge >= 0.3 is 0 Å². The zero-order chi connectivity index (χ0) is 19.4. The van der Waals surface area contributed by atoms with Crippen LogP contribution in [0.5, 0.6) is 0 Å². The van der Waals surface area contributed by atoms with E-state index >= 15 is 0 Å². The van der Waals surface area contributed by atoms with Crippen molar-refractivity contribution in [2.24, 2.45) is 11.8 Å². The summed E-state index contributed by atoms with van der Waals surface area (Å²) in [6.45, 7) is 3.90. The molecule has 3 N–H and O–H groups in total. The molecule has 3 amide bonds. The molecule has 0 saturated heterocycles. The standard InChI is InChI=1S/C21H23N3O3/c1-13-6-3-4-7-15(13)12-22-20(26)18-11-19(18)21(27)24-17-9-5-8-16(10-17)23-14(2)25/h3-10,18-19H,11-12H2,1-2H3,(H,22,26)(H,23,25)(H,24,27). The number of nitrogens with one attached hydrogen (secondary N) is 3. The molecule has 27 heavy (non-hydrogen) atoms. The Morgan fingerprint density at radius 1 is 0.926 bits per heavy atom. The van der Waals surface area contributed by atoms with Gasteiger partial charge in [-0.25, -0.2) is 0 Å². The number of rotatable bonds is 6. The van der Waals surface area contributed by atoms with E-state index in [2.05, 4.69) is 16.0 Å². The summed E-state index contributed by atoms with van der Waals surface area (Å²) in [7, 11) is 0. The van der Waals surface area contributed by atoms with Crippen molar-refractivity contribution >= 4 is 29.1 Å². The summed E-state index contributed by atoms with van der Waals surface area (Å²) in [6, 6.07) is 14.8. The quantitative estimate of drug-likeness (QED) is 0.736. The molecule has 2 aromatic carbocycles. The Hall–Kier alpha value is -3.15. The lowest BCUT2D eigenvalue weighted by atomic mass is 10.1. The van der Waals surface area contributed by atoms with Gasteiger partial charge in [-0.3, -0.25) is 14.4 Å². The second-order valence-corrected chi connectivity index (χ2v) is 6.84. The fourth-order valence-corrected chi connectivity index (χ4v) is 3.01. The predicted octanol–water partition coefficient (Wildman–Crippen LogP) is 2.84. The highest BCUT2D eigenvalue weighted by Gasteiger charge is 2.47. The van der Waals surface area contributed by atoms with Crippen LogP contribution in [0.2, 0.25) is 0 Å². The van der Waals surface area contributed by atoms with E-state index in [-0.39, 0.29) is 29.6 Å². The monoisotopic (exact) mass is 365 g/mol. The first kappa shape index (κ1) is 18.6. The van der Waals surface area contributed by atoms with Crippen molar-refractivity contribution in [2.45, 2.75) is 26.8 Å². The molecule has 3 rings (SSSR count). The molecular formula is C21H23N3O3. The summed E-state index contributed by atoms with van der Waals surface area (Å²) in [5, 5.41) is 8.40. The number of hydrogen-bond donors (Lipinski definition) is 3. The maximum atomic E-state index is 12.4. The van der Waals surface area contributed by atoms with E-state index in [1.165, 1.54) is 6.92 Å². The van der Waals surface area contributed by atoms with Crippen molar-refractivity contribution < 1.29 is 14.4 Å². The van der Waals surface area contributed by atoms with Gasteiger partial charge in [-0.05, 0) is 42.7 Å². The molecule has 1 aliphatic rings. The first-order valence-electron chi connectivity index (χ1n) is 8.95. The van der Waals surface area contributed by atoms with Crippen molar-refractivity contribution in [3.63, 3.8) is 0 Å². The van der Waals surface area contributed by atoms with Gasteiger partial charge in [0.25, 0.3) is 0 Å². The minimum absolute atomic E-state index is 0.0922. The first-order chi connectivity index (χ1) is 12.9. The predicted molar refractivity (Wildman–Crippen MR) is 104 cm³/mol. The number of carbonyl (C=O) groups is 3. The highest BCUT2D eigenvalue weighted by Crippen LogP contribution is 2.39. The summed E-state index contributed by atoms with van der Waals surface area (Å²) in [6.07, 6.45) is 0.552. The van der Waals surface area contributed by atoms with Gasteiger partial charge in [-0.2, -0.15) is 0 Å². The number of carbonyl (C=O) groups excluding carboxylic acids is 3. The number of amides is 3. The lowest BCUT2D eigenvalue weighted by molar-refractivity contribution is -0.125. The first-order valence-corrected chi connectivity index (χ1v) is 8.95. The number of benzene rings is 2. The van der Waals surface area contributed by atoms with E-state index < -0.39 is 0 Å². The molecule has 0 aromatic heterocycles. The SMILES string of the molecule is CC(=O)Nc1cccc(NC(=O)C2CC2C(=O)NCc2ccccc2C)c1. The molecule has 1 fully saturated rings. The lowest BCUT2D eigenvalue weighted by Crippen LogP contribution is -2.27. The molecule has 2 aromatic rings. The second-order valence-electron chi connectivity index (χ2n) is 6.84. The third-order valence-corrected chi connectivity index (χ3v) is 4.63. The third-order valence-electron chi connectivity index (χ3n) is 4.63. The van der Waals surface area contributed by atoms with Gasteiger partial charge < -0.3 is 16.0 Å². The number of anilines is 2. The summed E-state index contributed by atoms with van der Waals surface area (Å²) in [5.74, 6) is -1.04. The van der Waals surface area contributed by atoms with E-state index in [9.17, 15) is 14.4 Å². The summed E-state index contributed by atoms with van der Waals surface area (Å²) < 4.78 is 0. The van der Waals surface area contributed by atoms with Crippen molar-refractivity contribution in [3.8, 4) is 0 Å². The molecule has 0 bridgehead atoms. The van der Waals surface area contributed by atoms with Gasteiger partial charge in [0.05, 0.1) is 11.8 Å². The van der Waals surface area contributed by atoms with Gasteiger partial charge in [0.2, 0.25) is 17.7 Å². The highest BCUT2D eigenvalue weighted by atomic mass is 16.2. The number of hydrogen-bond acceptors (Lipinski definition) is 3. The third kappa shape index (κ3) is 4.94. The van der Waals surface area contributed by atoms with Crippen LogP contribution in [0, 0.1) is 18.8 Å². The smallest absolute Gasteiger partial charge is 0.228 e. The van der Waals surface area contributed by atoms with Gasteiger partial charge in [-0.1, -0.05) is 30.3 Å². The van der Waals surface area contributed by atoms with Crippen LogP contribution in [0.15, 0.2) is 48.5 Å². The van der Waals surface area contributed by atoms with E-state index in [1.54, 1.807) is 24.3 Å². The molecular weight excluding hydrogens is 342 g/mol. The molecule has 0 aliphatic heterocycles. The molecule has 140 valence electrons. The summed E-state index contributed by atoms with van der Waals surface area (Å²) >= 11 is 0. The second kappa shape index (κ2) is 8.03. The molecule has 0 spiro atoms. The van der Waals surface area contributed by atoms with Gasteiger partial charge in [0.15, 0.2) is 0 Å². The lowest BCUT2D eigenvalue weighted by Gasteiger charge is -2.09. The molecule has 1 saturated carbocycles. The van der Waals surface area contributed by atoms with Crippen LogP contribution in [0.25, 0.3) is 0 Å². The highest BCUT2D eigenvalue weighted by molar-refractivity contribution is 6.00. The van der Waals surface area contributed by atoms with E-state index in [4.69, 9.17) is 0 Å². The molecule has 6 heteroatoms. The van der Waals surface area contributed by atoms with Crippen molar-refractivity contribution in [2.75, 3.05) is 10.6 Å². The molecule has 2 atom stereocenters. The van der Waals surface area contributed by atoms with Crippen molar-refractivity contribution in [1.29, 1.82) is 0 Å². The normalized spacial score (nSPS) is 17.7. The van der Waals surface area contributed by atoms with Gasteiger partial charge in [0, 0.05) is 24.8 Å².